The van der Waals surface area contributed by atoms with Crippen molar-refractivity contribution in [2.75, 3.05) is 45.9 Å². The van der Waals surface area contributed by atoms with Crippen LogP contribution in [0, 0.1) is 5.82 Å². The molecule has 0 spiro atoms. The van der Waals surface area contributed by atoms with Gasteiger partial charge in [0.15, 0.2) is 23.1 Å². The van der Waals surface area contributed by atoms with Gasteiger partial charge in [-0.25, -0.2) is 4.39 Å². The van der Waals surface area contributed by atoms with Gasteiger partial charge in [-0.3, -0.25) is 0 Å². The number of aryl methyl sites for hydroxylation is 1. The summed E-state index contributed by atoms with van der Waals surface area (Å²) in [6.45, 7) is 8.81. The number of nitrogens with zero attached hydrogens (tertiary/aromatic N) is 2. The summed E-state index contributed by atoms with van der Waals surface area (Å²) in [5, 5.41) is 9.93. The number of fused-ring (bicyclic) bond motifs is 1. The third-order valence-corrected chi connectivity index (χ3v) is 8.07. The average Bonchev–Trinajstić information content (AvgIpc) is 2.95. The Morgan fingerprint density at radius 3 is 2.40 bits per heavy atom. The first-order valence-corrected chi connectivity index (χ1v) is 14.2. The van der Waals surface area contributed by atoms with Crippen molar-refractivity contribution >= 4 is 5.69 Å². The van der Waals surface area contributed by atoms with Crippen molar-refractivity contribution in [1.29, 1.82) is 0 Å². The third kappa shape index (κ3) is 6.81. The second kappa shape index (κ2) is 13.3. The van der Waals surface area contributed by atoms with Crippen molar-refractivity contribution < 1.29 is 23.7 Å². The summed E-state index contributed by atoms with van der Waals surface area (Å²) in [6, 6.07) is 15.5. The van der Waals surface area contributed by atoms with Gasteiger partial charge in [-0.2, -0.15) is 0 Å². The summed E-state index contributed by atoms with van der Waals surface area (Å²) in [6.07, 6.45) is 2.74. The van der Waals surface area contributed by atoms with Crippen LogP contribution in [0.4, 0.5) is 10.1 Å². The van der Waals surface area contributed by atoms with Crippen LogP contribution in [-0.4, -0.2) is 57.0 Å². The highest BCUT2D eigenvalue weighted by molar-refractivity contribution is 5.64. The second-order valence-corrected chi connectivity index (χ2v) is 10.9. The third-order valence-electron chi connectivity index (χ3n) is 8.07. The Morgan fingerprint density at radius 2 is 1.73 bits per heavy atom. The van der Waals surface area contributed by atoms with E-state index >= 15 is 4.39 Å². The number of rotatable bonds is 12. The summed E-state index contributed by atoms with van der Waals surface area (Å²) in [7, 11) is 5.34. The molecule has 0 heterocycles. The van der Waals surface area contributed by atoms with Crippen LogP contribution >= 0.6 is 0 Å². The molecule has 1 aliphatic rings. The Balaban J connectivity index is 1.59. The van der Waals surface area contributed by atoms with Crippen molar-refractivity contribution in [3.8, 4) is 23.0 Å². The number of methoxy groups -OCH3 is 2. The molecular formula is C33H43FN2O4. The van der Waals surface area contributed by atoms with Gasteiger partial charge in [0.05, 0.1) is 14.2 Å². The zero-order valence-electron chi connectivity index (χ0n) is 24.7. The molecule has 0 aromatic heterocycles. The van der Waals surface area contributed by atoms with Crippen molar-refractivity contribution in [3.05, 3.63) is 76.6 Å². The summed E-state index contributed by atoms with van der Waals surface area (Å²) in [5.74, 6) is 1.89. The lowest BCUT2D eigenvalue weighted by molar-refractivity contribution is 0.204. The number of aromatic hydroxyl groups is 1. The molecular weight excluding hydrogens is 507 g/mol. The highest BCUT2D eigenvalue weighted by Crippen LogP contribution is 2.43. The van der Waals surface area contributed by atoms with Gasteiger partial charge in [0.1, 0.15) is 12.4 Å². The monoisotopic (exact) mass is 550 g/mol. The molecule has 0 radical (unpaired) electrons. The minimum atomic E-state index is -0.347. The Hall–Kier alpha value is -3.45. The predicted molar refractivity (Wildman–Crippen MR) is 159 cm³/mol. The smallest absolute Gasteiger partial charge is 0.165 e. The minimum absolute atomic E-state index is 0.275. The first kappa shape index (κ1) is 29.5. The van der Waals surface area contributed by atoms with Gasteiger partial charge >= 0.3 is 0 Å². The van der Waals surface area contributed by atoms with Crippen molar-refractivity contribution in [2.24, 2.45) is 0 Å². The second-order valence-electron chi connectivity index (χ2n) is 10.9. The molecule has 0 saturated heterocycles. The molecule has 0 fully saturated rings. The average molecular weight is 551 g/mol. The van der Waals surface area contributed by atoms with E-state index in [0.29, 0.717) is 36.4 Å². The van der Waals surface area contributed by atoms with E-state index in [4.69, 9.17) is 14.2 Å². The van der Waals surface area contributed by atoms with Gasteiger partial charge in [0.25, 0.3) is 0 Å². The van der Waals surface area contributed by atoms with Crippen molar-refractivity contribution in [2.45, 2.75) is 58.5 Å². The molecule has 216 valence electrons. The van der Waals surface area contributed by atoms with E-state index in [9.17, 15) is 5.11 Å². The van der Waals surface area contributed by atoms with Gasteiger partial charge in [0.2, 0.25) is 0 Å². The maximum Gasteiger partial charge on any atom is 0.165 e. The number of phenolic OH excluding ortho intramolecular Hbond substituents is 1. The molecule has 1 N–H and O–H groups in total. The van der Waals surface area contributed by atoms with Crippen LogP contribution in [-0.2, 0) is 19.4 Å². The molecule has 3 aromatic rings. The first-order chi connectivity index (χ1) is 19.2. The zero-order valence-corrected chi connectivity index (χ0v) is 24.7. The van der Waals surface area contributed by atoms with Crippen LogP contribution < -0.4 is 19.1 Å². The molecule has 7 heteroatoms. The lowest BCUT2D eigenvalue weighted by atomic mass is 9.79. The molecule has 0 aliphatic heterocycles. The molecule has 4 rings (SSSR count). The summed E-state index contributed by atoms with van der Waals surface area (Å²) in [4.78, 5) is 4.43. The lowest BCUT2D eigenvalue weighted by Crippen LogP contribution is -2.30. The molecule has 3 aromatic carbocycles. The summed E-state index contributed by atoms with van der Waals surface area (Å²) >= 11 is 0. The highest BCUT2D eigenvalue weighted by Gasteiger charge is 2.26. The molecule has 1 unspecified atom stereocenters. The van der Waals surface area contributed by atoms with Gasteiger partial charge in [-0.05, 0) is 106 Å². The van der Waals surface area contributed by atoms with Crippen LogP contribution in [0.1, 0.15) is 55.4 Å². The fraction of sp³-hybridized carbons (Fsp3) is 0.455. The largest absolute Gasteiger partial charge is 0.508 e. The van der Waals surface area contributed by atoms with Gasteiger partial charge in [-0.15, -0.1) is 0 Å². The maximum atomic E-state index is 15.0. The van der Waals surface area contributed by atoms with Crippen LogP contribution in [0.5, 0.6) is 23.0 Å². The Labute approximate surface area is 238 Å². The maximum absolute atomic E-state index is 15.0. The van der Waals surface area contributed by atoms with Crippen molar-refractivity contribution in [3.63, 3.8) is 0 Å². The summed E-state index contributed by atoms with van der Waals surface area (Å²) in [5.41, 5.74) is 5.59. The van der Waals surface area contributed by atoms with E-state index < -0.39 is 0 Å². The first-order valence-electron chi connectivity index (χ1n) is 14.2. The van der Waals surface area contributed by atoms with E-state index in [1.54, 1.807) is 32.4 Å². The van der Waals surface area contributed by atoms with Crippen LogP contribution in [0.3, 0.4) is 0 Å². The van der Waals surface area contributed by atoms with E-state index in [2.05, 4.69) is 36.6 Å². The van der Waals surface area contributed by atoms with Crippen LogP contribution in [0.25, 0.3) is 0 Å². The molecule has 1 atom stereocenters. The standard InChI is InChI=1S/C33H43FN2O4/c1-7-36(21-23-8-13-31(29(34)16-23)40-15-14-35(4)22(2)3)30-20-33(39-6)32(38-5)19-28(30)26-10-9-25-18-27(37)12-11-24(25)17-26/h8,11-13,16,18-20,22,26,37H,7,9-10,14-15,17,21H2,1-6H3. The highest BCUT2D eigenvalue weighted by atomic mass is 19.1. The van der Waals surface area contributed by atoms with Crippen LogP contribution in [0.2, 0.25) is 0 Å². The number of benzene rings is 3. The quantitative estimate of drug-likeness (QED) is 0.275. The minimum Gasteiger partial charge on any atom is -0.508 e. The topological polar surface area (TPSA) is 54.4 Å². The number of hydrogen-bond acceptors (Lipinski definition) is 6. The van der Waals surface area contributed by atoms with E-state index in [-0.39, 0.29) is 17.5 Å². The summed E-state index contributed by atoms with van der Waals surface area (Å²) < 4.78 is 32.1. The van der Waals surface area contributed by atoms with E-state index in [1.165, 1.54) is 16.7 Å². The normalized spacial score (nSPS) is 14.8. The fourth-order valence-corrected chi connectivity index (χ4v) is 5.40. The number of phenols is 1. The number of anilines is 1. The van der Waals surface area contributed by atoms with Crippen molar-refractivity contribution in [1.82, 2.24) is 4.90 Å². The molecule has 0 amide bonds. The molecule has 0 saturated carbocycles. The number of hydrogen-bond donors (Lipinski definition) is 1. The van der Waals surface area contributed by atoms with Gasteiger partial charge in [-0.1, -0.05) is 12.1 Å². The fourth-order valence-electron chi connectivity index (χ4n) is 5.40. The molecule has 0 bridgehead atoms. The predicted octanol–water partition coefficient (Wildman–Crippen LogP) is 6.57. The Morgan fingerprint density at radius 1 is 0.975 bits per heavy atom. The lowest BCUT2D eigenvalue weighted by Gasteiger charge is -2.32. The number of halogens is 1. The Kier molecular flexibility index (Phi) is 9.80. The van der Waals surface area contributed by atoms with E-state index in [0.717, 1.165) is 43.6 Å². The number of likely N-dealkylation sites (N-methyl/N-ethyl adjacent to an activating group) is 1. The van der Waals surface area contributed by atoms with E-state index in [1.807, 2.05) is 31.3 Å². The number of ether oxygens (including phenoxy) is 3. The van der Waals surface area contributed by atoms with Crippen LogP contribution in [0.15, 0.2) is 48.5 Å². The Bertz CT molecular complexity index is 1300. The molecule has 1 aliphatic carbocycles. The zero-order chi connectivity index (χ0) is 28.8. The van der Waals surface area contributed by atoms with Gasteiger partial charge in [0, 0.05) is 37.4 Å². The molecule has 40 heavy (non-hydrogen) atoms. The molecule has 6 nitrogen and oxygen atoms in total. The van der Waals surface area contributed by atoms with Gasteiger partial charge < -0.3 is 29.1 Å². The SMILES string of the molecule is CCN(Cc1ccc(OCCN(C)C(C)C)c(F)c1)c1cc(OC)c(OC)cc1C1CCc2cc(O)ccc2C1.